The molecule has 0 radical (unpaired) electrons. The number of piperazine rings is 1. The Kier molecular flexibility index (Phi) is 5.50. The van der Waals surface area contributed by atoms with Gasteiger partial charge in [-0.2, -0.15) is 17.0 Å². The molecule has 140 valence electrons. The second kappa shape index (κ2) is 7.47. The van der Waals surface area contributed by atoms with Crippen LogP contribution in [0.4, 0.5) is 0 Å². The lowest BCUT2D eigenvalue weighted by Gasteiger charge is -2.38. The summed E-state index contributed by atoms with van der Waals surface area (Å²) in [6.45, 7) is 1.59. The number of rotatable bonds is 4. The first-order valence-electron chi connectivity index (χ1n) is 9.04. The quantitative estimate of drug-likeness (QED) is 0.804. The SMILES string of the molecule is CN(C1CCCCC1)S(=O)(=O)N1CCN(C(=O)c2ccn(C)c2)CC1. The van der Waals surface area contributed by atoms with Crippen molar-refractivity contribution in [3.63, 3.8) is 0 Å². The van der Waals surface area contributed by atoms with E-state index in [1.54, 1.807) is 28.5 Å². The van der Waals surface area contributed by atoms with Crippen molar-refractivity contribution in [2.45, 2.75) is 38.1 Å². The second-order valence-corrected chi connectivity index (χ2v) is 9.06. The summed E-state index contributed by atoms with van der Waals surface area (Å²) < 4.78 is 30.7. The first-order chi connectivity index (χ1) is 11.9. The maximum atomic E-state index is 12.9. The third kappa shape index (κ3) is 3.91. The molecule has 0 aromatic carbocycles. The Bertz CT molecular complexity index is 701. The first kappa shape index (κ1) is 18.4. The van der Waals surface area contributed by atoms with Crippen LogP contribution in [0.15, 0.2) is 18.5 Å². The minimum Gasteiger partial charge on any atom is -0.356 e. The average Bonchev–Trinajstić information content (AvgIpc) is 3.07. The first-order valence-corrected chi connectivity index (χ1v) is 10.4. The smallest absolute Gasteiger partial charge is 0.282 e. The van der Waals surface area contributed by atoms with Crippen LogP contribution in [0.2, 0.25) is 0 Å². The predicted octanol–water partition coefficient (Wildman–Crippen LogP) is 1.29. The van der Waals surface area contributed by atoms with Gasteiger partial charge in [0.15, 0.2) is 0 Å². The average molecular weight is 369 g/mol. The van der Waals surface area contributed by atoms with Gasteiger partial charge < -0.3 is 9.47 Å². The van der Waals surface area contributed by atoms with E-state index < -0.39 is 10.2 Å². The van der Waals surface area contributed by atoms with Crippen LogP contribution in [0.3, 0.4) is 0 Å². The van der Waals surface area contributed by atoms with E-state index in [9.17, 15) is 13.2 Å². The standard InChI is InChI=1S/C17H28N4O3S/c1-18-9-8-15(14-18)17(22)20-10-12-21(13-11-20)25(23,24)19(2)16-6-4-3-5-7-16/h8-9,14,16H,3-7,10-13H2,1-2H3. The van der Waals surface area contributed by atoms with E-state index in [1.165, 1.54) is 10.7 Å². The van der Waals surface area contributed by atoms with Crippen LogP contribution in [-0.4, -0.2) is 71.7 Å². The number of carbonyl (C=O) groups excluding carboxylic acids is 1. The van der Waals surface area contributed by atoms with Crippen molar-refractivity contribution in [1.29, 1.82) is 0 Å². The third-order valence-corrected chi connectivity index (χ3v) is 7.43. The fourth-order valence-electron chi connectivity index (χ4n) is 3.75. The lowest BCUT2D eigenvalue weighted by molar-refractivity contribution is 0.0693. The Morgan fingerprint density at radius 1 is 1.12 bits per heavy atom. The molecule has 0 atom stereocenters. The second-order valence-electron chi connectivity index (χ2n) is 7.07. The summed E-state index contributed by atoms with van der Waals surface area (Å²) in [5, 5.41) is 0. The highest BCUT2D eigenvalue weighted by Crippen LogP contribution is 2.25. The monoisotopic (exact) mass is 368 g/mol. The van der Waals surface area contributed by atoms with Crippen molar-refractivity contribution in [1.82, 2.24) is 18.1 Å². The van der Waals surface area contributed by atoms with Gasteiger partial charge in [0.05, 0.1) is 5.56 Å². The molecule has 1 amide bonds. The summed E-state index contributed by atoms with van der Waals surface area (Å²) in [5.41, 5.74) is 0.651. The molecule has 7 nitrogen and oxygen atoms in total. The van der Waals surface area contributed by atoms with E-state index in [1.807, 2.05) is 17.8 Å². The summed E-state index contributed by atoms with van der Waals surface area (Å²) in [6.07, 6.45) is 8.93. The Morgan fingerprint density at radius 3 is 2.32 bits per heavy atom. The molecule has 0 N–H and O–H groups in total. The highest BCUT2D eigenvalue weighted by molar-refractivity contribution is 7.86. The number of nitrogens with zero attached hydrogens (tertiary/aromatic N) is 4. The maximum absolute atomic E-state index is 12.9. The molecule has 0 unspecified atom stereocenters. The van der Waals surface area contributed by atoms with Crippen LogP contribution in [0.25, 0.3) is 0 Å². The Labute approximate surface area is 150 Å². The normalized spacial score (nSPS) is 21.0. The fraction of sp³-hybridized carbons (Fsp3) is 0.706. The predicted molar refractivity (Wildman–Crippen MR) is 96.4 cm³/mol. The molecule has 1 saturated carbocycles. The zero-order valence-corrected chi connectivity index (χ0v) is 15.9. The van der Waals surface area contributed by atoms with E-state index in [0.29, 0.717) is 31.7 Å². The molecule has 2 heterocycles. The van der Waals surface area contributed by atoms with Crippen molar-refractivity contribution >= 4 is 16.1 Å². The molecule has 1 aliphatic carbocycles. The van der Waals surface area contributed by atoms with E-state index in [2.05, 4.69) is 0 Å². The Balaban J connectivity index is 1.60. The van der Waals surface area contributed by atoms with Crippen molar-refractivity contribution in [3.05, 3.63) is 24.0 Å². The lowest BCUT2D eigenvalue weighted by atomic mass is 9.96. The van der Waals surface area contributed by atoms with Gasteiger partial charge in [-0.05, 0) is 18.9 Å². The molecule has 0 bridgehead atoms. The number of aryl methyl sites for hydroxylation is 1. The molecule has 8 heteroatoms. The topological polar surface area (TPSA) is 65.9 Å². The Hall–Kier alpha value is -1.38. The number of hydrogen-bond acceptors (Lipinski definition) is 3. The van der Waals surface area contributed by atoms with Gasteiger partial charge in [-0.25, -0.2) is 0 Å². The van der Waals surface area contributed by atoms with Crippen molar-refractivity contribution in [2.75, 3.05) is 33.2 Å². The van der Waals surface area contributed by atoms with E-state index in [0.717, 1.165) is 25.7 Å². The zero-order chi connectivity index (χ0) is 18.0. The minimum atomic E-state index is -3.45. The highest BCUT2D eigenvalue weighted by atomic mass is 32.2. The van der Waals surface area contributed by atoms with Gasteiger partial charge in [-0.15, -0.1) is 0 Å². The number of amides is 1. The minimum absolute atomic E-state index is 0.0294. The molecule has 2 aliphatic rings. The van der Waals surface area contributed by atoms with Crippen LogP contribution < -0.4 is 0 Å². The molecule has 1 aromatic heterocycles. The van der Waals surface area contributed by atoms with Gasteiger partial charge in [0.25, 0.3) is 16.1 Å². The molecule has 0 spiro atoms. The van der Waals surface area contributed by atoms with Crippen LogP contribution in [-0.2, 0) is 17.3 Å². The van der Waals surface area contributed by atoms with E-state index in [4.69, 9.17) is 0 Å². The van der Waals surface area contributed by atoms with Crippen LogP contribution in [0, 0.1) is 0 Å². The maximum Gasteiger partial charge on any atom is 0.282 e. The number of aromatic nitrogens is 1. The van der Waals surface area contributed by atoms with E-state index in [-0.39, 0.29) is 11.9 Å². The summed E-state index contributed by atoms with van der Waals surface area (Å²) in [4.78, 5) is 14.2. The van der Waals surface area contributed by atoms with Crippen molar-refractivity contribution < 1.29 is 13.2 Å². The largest absolute Gasteiger partial charge is 0.356 e. The van der Waals surface area contributed by atoms with E-state index >= 15 is 0 Å². The van der Waals surface area contributed by atoms with Gasteiger partial charge in [-0.3, -0.25) is 4.79 Å². The number of carbonyl (C=O) groups is 1. The summed E-state index contributed by atoms with van der Waals surface area (Å²) >= 11 is 0. The van der Waals surface area contributed by atoms with Crippen molar-refractivity contribution in [2.24, 2.45) is 7.05 Å². The summed E-state index contributed by atoms with van der Waals surface area (Å²) in [6, 6.07) is 1.91. The van der Waals surface area contributed by atoms with Gasteiger partial charge in [-0.1, -0.05) is 19.3 Å². The molecule has 25 heavy (non-hydrogen) atoms. The van der Waals surface area contributed by atoms with Gasteiger partial charge in [0.2, 0.25) is 0 Å². The van der Waals surface area contributed by atoms with Crippen LogP contribution in [0.5, 0.6) is 0 Å². The molecule has 1 aromatic rings. The molecular weight excluding hydrogens is 340 g/mol. The summed E-state index contributed by atoms with van der Waals surface area (Å²) in [5.74, 6) is -0.0294. The fourth-order valence-corrected chi connectivity index (χ4v) is 5.33. The van der Waals surface area contributed by atoms with Crippen LogP contribution >= 0.6 is 0 Å². The van der Waals surface area contributed by atoms with Crippen LogP contribution in [0.1, 0.15) is 42.5 Å². The lowest BCUT2D eigenvalue weighted by Crippen LogP contribution is -2.55. The zero-order valence-electron chi connectivity index (χ0n) is 15.1. The number of hydrogen-bond donors (Lipinski definition) is 0. The van der Waals surface area contributed by atoms with Gasteiger partial charge >= 0.3 is 0 Å². The van der Waals surface area contributed by atoms with Crippen molar-refractivity contribution in [3.8, 4) is 0 Å². The molecule has 3 rings (SSSR count). The summed E-state index contributed by atoms with van der Waals surface area (Å²) in [7, 11) is 0.132. The van der Waals surface area contributed by atoms with Gasteiger partial charge in [0, 0.05) is 58.7 Å². The molecule has 1 aliphatic heterocycles. The third-order valence-electron chi connectivity index (χ3n) is 5.38. The molecular formula is C17H28N4O3S. The van der Waals surface area contributed by atoms with Gasteiger partial charge in [0.1, 0.15) is 0 Å². The molecule has 2 fully saturated rings. The highest BCUT2D eigenvalue weighted by Gasteiger charge is 2.35. The Morgan fingerprint density at radius 2 is 1.76 bits per heavy atom. The molecule has 1 saturated heterocycles.